The van der Waals surface area contributed by atoms with Crippen LogP contribution < -0.4 is 10.5 Å². The van der Waals surface area contributed by atoms with Gasteiger partial charge in [-0.2, -0.15) is 0 Å². The Hall–Kier alpha value is -1.06. The molecule has 0 aliphatic rings. The highest BCUT2D eigenvalue weighted by atomic mass is 35.5. The average Bonchev–Trinajstić information content (AvgIpc) is 2.17. The largest absolute Gasteiger partial charge is 0.485 e. The zero-order valence-electron chi connectivity index (χ0n) is 7.54. The lowest BCUT2D eigenvalue weighted by molar-refractivity contribution is 0.318. The second kappa shape index (κ2) is 5.62. The van der Waals surface area contributed by atoms with E-state index in [1.54, 1.807) is 24.3 Å². The molecule has 2 N–H and O–H groups in total. The molecule has 0 amide bonds. The molecule has 4 heteroatoms. The first-order valence-electron chi connectivity index (χ1n) is 4.16. The van der Waals surface area contributed by atoms with Gasteiger partial charge in [0.05, 0.1) is 5.02 Å². The summed E-state index contributed by atoms with van der Waals surface area (Å²) < 4.78 is 18.0. The van der Waals surface area contributed by atoms with Gasteiger partial charge in [0, 0.05) is 6.54 Å². The van der Waals surface area contributed by atoms with Crippen LogP contribution in [0.5, 0.6) is 5.75 Å². The standard InChI is InChI=1S/C10H11ClFNO/c11-9-3-1-2-4-10(9)14-7-8(12)5-6-13/h1-5H,6-7,13H2/b8-5-. The van der Waals surface area contributed by atoms with Crippen LogP contribution in [0.25, 0.3) is 0 Å². The van der Waals surface area contributed by atoms with E-state index >= 15 is 0 Å². The Balaban J connectivity index is 2.54. The maximum atomic E-state index is 12.8. The van der Waals surface area contributed by atoms with E-state index in [-0.39, 0.29) is 13.2 Å². The minimum Gasteiger partial charge on any atom is -0.485 e. The average molecular weight is 216 g/mol. The predicted octanol–water partition coefficient (Wildman–Crippen LogP) is 2.53. The van der Waals surface area contributed by atoms with Crippen LogP contribution in [0.15, 0.2) is 36.2 Å². The van der Waals surface area contributed by atoms with Crippen molar-refractivity contribution in [2.24, 2.45) is 5.73 Å². The molecule has 1 rings (SSSR count). The lowest BCUT2D eigenvalue weighted by atomic mass is 10.3. The number of hydrogen-bond donors (Lipinski definition) is 1. The molecule has 1 aromatic rings. The monoisotopic (exact) mass is 215 g/mol. The summed E-state index contributed by atoms with van der Waals surface area (Å²) >= 11 is 5.79. The molecule has 0 radical (unpaired) electrons. The van der Waals surface area contributed by atoms with Crippen molar-refractivity contribution >= 4 is 11.6 Å². The number of nitrogens with two attached hydrogens (primary N) is 1. The fourth-order valence-electron chi connectivity index (χ4n) is 0.895. The Kier molecular flexibility index (Phi) is 4.43. The SMILES string of the molecule is NC/C=C(\F)COc1ccccc1Cl. The highest BCUT2D eigenvalue weighted by molar-refractivity contribution is 6.32. The first-order valence-corrected chi connectivity index (χ1v) is 4.53. The van der Waals surface area contributed by atoms with Gasteiger partial charge in [0.2, 0.25) is 0 Å². The second-order valence-electron chi connectivity index (χ2n) is 2.61. The van der Waals surface area contributed by atoms with Crippen LogP contribution in [0.3, 0.4) is 0 Å². The molecular weight excluding hydrogens is 205 g/mol. The Bertz CT molecular complexity index is 328. The van der Waals surface area contributed by atoms with E-state index in [1.165, 1.54) is 6.08 Å². The summed E-state index contributed by atoms with van der Waals surface area (Å²) in [6.45, 7) is 0.0264. The quantitative estimate of drug-likeness (QED) is 0.838. The lowest BCUT2D eigenvalue weighted by Crippen LogP contribution is -2.01. The smallest absolute Gasteiger partial charge is 0.139 e. The maximum absolute atomic E-state index is 12.8. The van der Waals surface area contributed by atoms with E-state index in [4.69, 9.17) is 22.1 Å². The number of hydrogen-bond acceptors (Lipinski definition) is 2. The Morgan fingerprint density at radius 3 is 2.86 bits per heavy atom. The normalized spacial score (nSPS) is 11.5. The second-order valence-corrected chi connectivity index (χ2v) is 3.01. The van der Waals surface area contributed by atoms with Crippen LogP contribution in [0.4, 0.5) is 4.39 Å². The number of rotatable bonds is 4. The molecule has 0 saturated heterocycles. The van der Waals surface area contributed by atoms with Gasteiger partial charge in [0.25, 0.3) is 0 Å². The van der Waals surface area contributed by atoms with Crippen molar-refractivity contribution in [2.45, 2.75) is 0 Å². The number of para-hydroxylation sites is 1. The van der Waals surface area contributed by atoms with E-state index in [0.717, 1.165) is 0 Å². The first-order chi connectivity index (χ1) is 6.74. The summed E-state index contributed by atoms with van der Waals surface area (Å²) in [6, 6.07) is 6.91. The molecule has 0 aliphatic heterocycles. The molecule has 1 aromatic carbocycles. The number of benzene rings is 1. The van der Waals surface area contributed by atoms with E-state index in [0.29, 0.717) is 10.8 Å². The van der Waals surface area contributed by atoms with Crippen molar-refractivity contribution in [3.8, 4) is 5.75 Å². The van der Waals surface area contributed by atoms with Crippen molar-refractivity contribution in [1.29, 1.82) is 0 Å². The van der Waals surface area contributed by atoms with Crippen molar-refractivity contribution < 1.29 is 9.13 Å². The summed E-state index contributed by atoms with van der Waals surface area (Å²) in [7, 11) is 0. The minimum atomic E-state index is -0.396. The van der Waals surface area contributed by atoms with Crippen molar-refractivity contribution in [3.05, 3.63) is 41.2 Å². The van der Waals surface area contributed by atoms with Gasteiger partial charge in [-0.3, -0.25) is 0 Å². The van der Waals surface area contributed by atoms with E-state index in [1.807, 2.05) is 0 Å². The van der Waals surface area contributed by atoms with Crippen LogP contribution in [0.2, 0.25) is 5.02 Å². The molecule has 0 bridgehead atoms. The fourth-order valence-corrected chi connectivity index (χ4v) is 1.09. The molecule has 0 fully saturated rings. The topological polar surface area (TPSA) is 35.2 Å². The molecule has 0 aliphatic carbocycles. The fraction of sp³-hybridized carbons (Fsp3) is 0.200. The predicted molar refractivity (Wildman–Crippen MR) is 55.2 cm³/mol. The molecular formula is C10H11ClFNO. The zero-order chi connectivity index (χ0) is 10.4. The molecule has 0 spiro atoms. The van der Waals surface area contributed by atoms with Gasteiger partial charge in [-0.05, 0) is 18.2 Å². The van der Waals surface area contributed by atoms with Gasteiger partial charge in [-0.25, -0.2) is 4.39 Å². The maximum Gasteiger partial charge on any atom is 0.139 e. The molecule has 2 nitrogen and oxygen atoms in total. The third-order valence-electron chi connectivity index (χ3n) is 1.54. The number of ether oxygens (including phenoxy) is 1. The molecule has 0 saturated carbocycles. The highest BCUT2D eigenvalue weighted by Crippen LogP contribution is 2.23. The minimum absolute atomic E-state index is 0.138. The van der Waals surface area contributed by atoms with Crippen LogP contribution in [0, 0.1) is 0 Å². The summed E-state index contributed by atoms with van der Waals surface area (Å²) in [6.07, 6.45) is 1.26. The van der Waals surface area contributed by atoms with Gasteiger partial charge in [0.1, 0.15) is 18.2 Å². The molecule has 0 atom stereocenters. The van der Waals surface area contributed by atoms with E-state index in [2.05, 4.69) is 0 Å². The van der Waals surface area contributed by atoms with Gasteiger partial charge >= 0.3 is 0 Å². The van der Waals surface area contributed by atoms with Crippen molar-refractivity contribution in [1.82, 2.24) is 0 Å². The number of halogens is 2. The van der Waals surface area contributed by atoms with Crippen LogP contribution in [0.1, 0.15) is 0 Å². The Morgan fingerprint density at radius 2 is 2.21 bits per heavy atom. The van der Waals surface area contributed by atoms with Crippen molar-refractivity contribution in [2.75, 3.05) is 13.2 Å². The van der Waals surface area contributed by atoms with Crippen LogP contribution >= 0.6 is 11.6 Å². The van der Waals surface area contributed by atoms with Gasteiger partial charge in [-0.1, -0.05) is 23.7 Å². The highest BCUT2D eigenvalue weighted by Gasteiger charge is 2.00. The van der Waals surface area contributed by atoms with Gasteiger partial charge < -0.3 is 10.5 Å². The summed E-state index contributed by atoms with van der Waals surface area (Å²) in [5, 5.41) is 0.466. The van der Waals surface area contributed by atoms with Gasteiger partial charge in [0.15, 0.2) is 0 Å². The Labute approximate surface area is 87.1 Å². The lowest BCUT2D eigenvalue weighted by Gasteiger charge is -2.05. The molecule has 14 heavy (non-hydrogen) atoms. The zero-order valence-corrected chi connectivity index (χ0v) is 8.30. The summed E-state index contributed by atoms with van der Waals surface area (Å²) in [5.41, 5.74) is 5.13. The molecule has 0 aromatic heterocycles. The van der Waals surface area contributed by atoms with Crippen LogP contribution in [-0.2, 0) is 0 Å². The van der Waals surface area contributed by atoms with Gasteiger partial charge in [-0.15, -0.1) is 0 Å². The molecule has 0 unspecified atom stereocenters. The molecule has 76 valence electrons. The van der Waals surface area contributed by atoms with E-state index < -0.39 is 5.83 Å². The third kappa shape index (κ3) is 3.36. The van der Waals surface area contributed by atoms with E-state index in [9.17, 15) is 4.39 Å². The van der Waals surface area contributed by atoms with Crippen LogP contribution in [-0.4, -0.2) is 13.2 Å². The van der Waals surface area contributed by atoms with Crippen molar-refractivity contribution in [3.63, 3.8) is 0 Å². The Morgan fingerprint density at radius 1 is 1.50 bits per heavy atom. The third-order valence-corrected chi connectivity index (χ3v) is 1.85. The first kappa shape index (κ1) is 11.0. The summed E-state index contributed by atoms with van der Waals surface area (Å²) in [5.74, 6) is 0.0714. The molecule has 0 heterocycles. The summed E-state index contributed by atoms with van der Waals surface area (Å²) in [4.78, 5) is 0.